The van der Waals surface area contributed by atoms with Crippen molar-refractivity contribution in [1.82, 2.24) is 0 Å². The maximum atomic E-state index is 11.2. The summed E-state index contributed by atoms with van der Waals surface area (Å²) in [4.78, 5) is 0.0848. The van der Waals surface area contributed by atoms with E-state index in [0.29, 0.717) is 17.4 Å². The zero-order valence-electron chi connectivity index (χ0n) is 9.68. The molecule has 0 spiro atoms. The predicted molar refractivity (Wildman–Crippen MR) is 68.0 cm³/mol. The molecular weight excluding hydrogens is 238 g/mol. The molecule has 17 heavy (non-hydrogen) atoms. The van der Waals surface area contributed by atoms with Gasteiger partial charge in [-0.05, 0) is 37.0 Å². The van der Waals surface area contributed by atoms with E-state index >= 15 is 0 Å². The maximum Gasteiger partial charge on any atom is 0.238 e. The van der Waals surface area contributed by atoms with Gasteiger partial charge in [-0.2, -0.15) is 0 Å². The van der Waals surface area contributed by atoms with Crippen molar-refractivity contribution in [3.63, 3.8) is 0 Å². The van der Waals surface area contributed by atoms with Gasteiger partial charge in [0.25, 0.3) is 0 Å². The highest BCUT2D eigenvalue weighted by atomic mass is 32.2. The predicted octanol–water partition coefficient (Wildman–Crippen LogP) is 1.13. The standard InChI is InChI=1S/C11H17N3O2S/c1-7-4-8(5-7)14-11-6-9(17(13,15)16)2-3-10(11)12/h2-3,6-8,14H,4-5,12H2,1H3,(H2,13,15,16). The van der Waals surface area contributed by atoms with Gasteiger partial charge in [0.05, 0.1) is 16.3 Å². The lowest BCUT2D eigenvalue weighted by molar-refractivity contribution is 0.309. The van der Waals surface area contributed by atoms with Crippen molar-refractivity contribution >= 4 is 21.4 Å². The molecule has 2 rings (SSSR count). The normalized spacial score (nSPS) is 24.1. The third kappa shape index (κ3) is 2.70. The molecule has 0 aliphatic heterocycles. The summed E-state index contributed by atoms with van der Waals surface area (Å²) < 4.78 is 22.5. The molecule has 1 saturated carbocycles. The van der Waals surface area contributed by atoms with Gasteiger partial charge in [0.15, 0.2) is 0 Å². The summed E-state index contributed by atoms with van der Waals surface area (Å²) in [6, 6.07) is 4.85. The molecule has 0 bridgehead atoms. The fourth-order valence-corrected chi connectivity index (χ4v) is 2.62. The lowest BCUT2D eigenvalue weighted by atomic mass is 9.82. The first kappa shape index (κ1) is 12.2. The molecule has 0 unspecified atom stereocenters. The maximum absolute atomic E-state index is 11.2. The molecular formula is C11H17N3O2S. The van der Waals surface area contributed by atoms with Gasteiger partial charge in [0.2, 0.25) is 10.0 Å². The summed E-state index contributed by atoms with van der Waals surface area (Å²) in [5, 5.41) is 8.32. The van der Waals surface area contributed by atoms with E-state index in [9.17, 15) is 8.42 Å². The zero-order chi connectivity index (χ0) is 12.6. The summed E-state index contributed by atoms with van der Waals surface area (Å²) in [7, 11) is -3.67. The van der Waals surface area contributed by atoms with Crippen LogP contribution in [0.1, 0.15) is 19.8 Å². The Hall–Kier alpha value is -1.27. The minimum atomic E-state index is -3.67. The number of anilines is 2. The first-order valence-corrected chi connectivity index (χ1v) is 7.10. The Morgan fingerprint density at radius 1 is 1.35 bits per heavy atom. The summed E-state index contributed by atoms with van der Waals surface area (Å²) >= 11 is 0. The number of nitrogens with one attached hydrogen (secondary N) is 1. The smallest absolute Gasteiger partial charge is 0.238 e. The molecule has 6 heteroatoms. The van der Waals surface area contributed by atoms with Crippen LogP contribution in [0, 0.1) is 5.92 Å². The van der Waals surface area contributed by atoms with Gasteiger partial charge in [-0.25, -0.2) is 13.6 Å². The van der Waals surface area contributed by atoms with Gasteiger partial charge < -0.3 is 11.1 Å². The minimum absolute atomic E-state index is 0.0848. The molecule has 1 aliphatic carbocycles. The SMILES string of the molecule is CC1CC(Nc2cc(S(N)(=O)=O)ccc2N)C1. The largest absolute Gasteiger partial charge is 0.397 e. The first-order valence-electron chi connectivity index (χ1n) is 5.55. The second kappa shape index (κ2) is 4.19. The molecule has 0 radical (unpaired) electrons. The van der Waals surface area contributed by atoms with Gasteiger partial charge in [-0.15, -0.1) is 0 Å². The lowest BCUT2D eigenvalue weighted by Gasteiger charge is -2.34. The van der Waals surface area contributed by atoms with Crippen LogP contribution >= 0.6 is 0 Å². The summed E-state index contributed by atoms with van der Waals surface area (Å²) in [6.07, 6.45) is 2.16. The Morgan fingerprint density at radius 3 is 2.53 bits per heavy atom. The number of hydrogen-bond acceptors (Lipinski definition) is 4. The molecule has 1 aromatic rings. The molecule has 5 nitrogen and oxygen atoms in total. The van der Waals surface area contributed by atoms with E-state index in [1.54, 1.807) is 6.07 Å². The van der Waals surface area contributed by atoms with E-state index < -0.39 is 10.0 Å². The Kier molecular flexibility index (Phi) is 3.01. The Labute approximate surface area is 101 Å². The summed E-state index contributed by atoms with van der Waals surface area (Å²) in [5.41, 5.74) is 6.98. The summed E-state index contributed by atoms with van der Waals surface area (Å²) in [5.74, 6) is 0.718. The molecule has 0 atom stereocenters. The monoisotopic (exact) mass is 255 g/mol. The van der Waals surface area contributed by atoms with E-state index in [0.717, 1.165) is 18.8 Å². The molecule has 0 amide bonds. The molecule has 0 aromatic heterocycles. The quantitative estimate of drug-likeness (QED) is 0.705. The van der Waals surface area contributed by atoms with E-state index in [4.69, 9.17) is 10.9 Å². The van der Waals surface area contributed by atoms with Crippen molar-refractivity contribution in [2.24, 2.45) is 11.1 Å². The fraction of sp³-hybridized carbons (Fsp3) is 0.455. The highest BCUT2D eigenvalue weighted by Gasteiger charge is 2.25. The van der Waals surface area contributed by atoms with Gasteiger partial charge in [-0.3, -0.25) is 0 Å². The van der Waals surface area contributed by atoms with Crippen LogP contribution in [0.15, 0.2) is 23.1 Å². The van der Waals surface area contributed by atoms with Crippen LogP contribution in [-0.4, -0.2) is 14.5 Å². The number of benzene rings is 1. The molecule has 5 N–H and O–H groups in total. The fourth-order valence-electron chi connectivity index (χ4n) is 2.08. The van der Waals surface area contributed by atoms with Crippen LogP contribution in [0.4, 0.5) is 11.4 Å². The number of primary sulfonamides is 1. The third-order valence-corrected chi connectivity index (χ3v) is 4.00. The van der Waals surface area contributed by atoms with Crippen LogP contribution in [0.25, 0.3) is 0 Å². The van der Waals surface area contributed by atoms with Crippen LogP contribution in [0.5, 0.6) is 0 Å². The van der Waals surface area contributed by atoms with Crippen molar-refractivity contribution in [3.8, 4) is 0 Å². The van der Waals surface area contributed by atoms with Gasteiger partial charge in [0.1, 0.15) is 0 Å². The van der Waals surface area contributed by atoms with Crippen LogP contribution < -0.4 is 16.2 Å². The van der Waals surface area contributed by atoms with Crippen molar-refractivity contribution in [2.75, 3.05) is 11.1 Å². The van der Waals surface area contributed by atoms with E-state index in [2.05, 4.69) is 12.2 Å². The average Bonchev–Trinajstić information content (AvgIpc) is 2.17. The molecule has 0 heterocycles. The van der Waals surface area contributed by atoms with E-state index in [1.807, 2.05) is 0 Å². The van der Waals surface area contributed by atoms with Crippen LogP contribution in [0.2, 0.25) is 0 Å². The molecule has 94 valence electrons. The highest BCUT2D eigenvalue weighted by molar-refractivity contribution is 7.89. The van der Waals surface area contributed by atoms with Crippen LogP contribution in [-0.2, 0) is 10.0 Å². The highest BCUT2D eigenvalue weighted by Crippen LogP contribution is 2.32. The second-order valence-corrected chi connectivity index (χ2v) is 6.27. The molecule has 1 aliphatic rings. The Balaban J connectivity index is 2.21. The van der Waals surface area contributed by atoms with Crippen LogP contribution in [0.3, 0.4) is 0 Å². The third-order valence-electron chi connectivity index (χ3n) is 3.09. The second-order valence-electron chi connectivity index (χ2n) is 4.71. The van der Waals surface area contributed by atoms with Gasteiger partial charge in [-0.1, -0.05) is 6.92 Å². The Morgan fingerprint density at radius 2 is 2.00 bits per heavy atom. The van der Waals surface area contributed by atoms with E-state index in [-0.39, 0.29) is 4.90 Å². The first-order chi connectivity index (χ1) is 7.86. The topological polar surface area (TPSA) is 98.2 Å². The lowest BCUT2D eigenvalue weighted by Crippen LogP contribution is -2.34. The molecule has 1 fully saturated rings. The minimum Gasteiger partial charge on any atom is -0.397 e. The van der Waals surface area contributed by atoms with Crippen molar-refractivity contribution in [3.05, 3.63) is 18.2 Å². The number of rotatable bonds is 3. The average molecular weight is 255 g/mol. The van der Waals surface area contributed by atoms with Crippen molar-refractivity contribution < 1.29 is 8.42 Å². The molecule has 1 aromatic carbocycles. The Bertz CT molecular complexity index is 522. The number of hydrogen-bond donors (Lipinski definition) is 3. The molecule has 0 saturated heterocycles. The number of nitrogens with two attached hydrogens (primary N) is 2. The number of sulfonamides is 1. The van der Waals surface area contributed by atoms with E-state index in [1.165, 1.54) is 12.1 Å². The number of nitrogen functional groups attached to an aromatic ring is 1. The zero-order valence-corrected chi connectivity index (χ0v) is 10.5. The summed E-state index contributed by atoms with van der Waals surface area (Å²) in [6.45, 7) is 2.18. The van der Waals surface area contributed by atoms with Gasteiger partial charge in [0, 0.05) is 6.04 Å². The van der Waals surface area contributed by atoms with Gasteiger partial charge >= 0.3 is 0 Å². The van der Waals surface area contributed by atoms with Crippen molar-refractivity contribution in [2.45, 2.75) is 30.7 Å². The van der Waals surface area contributed by atoms with Crippen molar-refractivity contribution in [1.29, 1.82) is 0 Å².